The Morgan fingerprint density at radius 3 is 2.72 bits per heavy atom. The number of hydrogen-bond acceptors (Lipinski definition) is 3. The topological polar surface area (TPSA) is 35.5 Å². The van der Waals surface area contributed by atoms with Crippen LogP contribution >= 0.6 is 0 Å². The number of carbonyl (C=O) groups is 1. The van der Waals surface area contributed by atoms with E-state index in [0.29, 0.717) is 0 Å². The third kappa shape index (κ3) is 4.27. The highest BCUT2D eigenvalue weighted by molar-refractivity contribution is 5.69. The van der Waals surface area contributed by atoms with E-state index >= 15 is 0 Å². The van der Waals surface area contributed by atoms with E-state index in [1.165, 1.54) is 12.1 Å². The molecule has 0 aliphatic heterocycles. The highest BCUT2D eigenvalue weighted by atomic mass is 19.3. The van der Waals surface area contributed by atoms with Crippen LogP contribution < -0.4 is 4.74 Å². The summed E-state index contributed by atoms with van der Waals surface area (Å²) in [5.74, 6) is -1.86. The zero-order valence-electron chi connectivity index (χ0n) is 9.79. The number of hydrogen-bond donors (Lipinski definition) is 0. The molecule has 0 aromatic heterocycles. The minimum atomic E-state index is -3.11. The molecule has 0 unspecified atom stereocenters. The molecule has 1 aromatic rings. The van der Waals surface area contributed by atoms with Crippen molar-refractivity contribution in [1.82, 2.24) is 0 Å². The first kappa shape index (κ1) is 14.3. The van der Waals surface area contributed by atoms with Gasteiger partial charge < -0.3 is 9.47 Å². The summed E-state index contributed by atoms with van der Waals surface area (Å²) in [6, 6.07) is 3.82. The molecular formula is C12H13F3O3. The maximum atomic E-state index is 13.3. The van der Waals surface area contributed by atoms with E-state index < -0.39 is 24.1 Å². The van der Waals surface area contributed by atoms with Gasteiger partial charge in [0, 0.05) is 6.42 Å². The zero-order chi connectivity index (χ0) is 13.5. The zero-order valence-corrected chi connectivity index (χ0v) is 9.79. The van der Waals surface area contributed by atoms with E-state index in [0.717, 1.165) is 6.07 Å². The third-order valence-corrected chi connectivity index (χ3v) is 2.16. The fraction of sp³-hybridized carbons (Fsp3) is 0.417. The van der Waals surface area contributed by atoms with Gasteiger partial charge in [0.1, 0.15) is 0 Å². The fourth-order valence-electron chi connectivity index (χ4n) is 1.44. The highest BCUT2D eigenvalue weighted by Crippen LogP contribution is 2.25. The number of ether oxygens (including phenoxy) is 2. The van der Waals surface area contributed by atoms with Gasteiger partial charge in [-0.25, -0.2) is 4.39 Å². The molecule has 100 valence electrons. The molecule has 1 aromatic carbocycles. The summed E-state index contributed by atoms with van der Waals surface area (Å²) in [6.45, 7) is -1.21. The molecular weight excluding hydrogens is 249 g/mol. The van der Waals surface area contributed by atoms with Gasteiger partial charge in [0.05, 0.1) is 6.61 Å². The van der Waals surface area contributed by atoms with Gasteiger partial charge >= 0.3 is 12.6 Å². The Kier molecular flexibility index (Phi) is 5.48. The normalized spacial score (nSPS) is 10.5. The average molecular weight is 262 g/mol. The highest BCUT2D eigenvalue weighted by Gasteiger charge is 2.15. The Hall–Kier alpha value is -1.72. The van der Waals surface area contributed by atoms with Crippen LogP contribution in [0.2, 0.25) is 0 Å². The molecule has 0 heterocycles. The quantitative estimate of drug-likeness (QED) is 0.739. The Bertz CT molecular complexity index is 408. The summed E-state index contributed by atoms with van der Waals surface area (Å²) in [4.78, 5) is 11.1. The van der Waals surface area contributed by atoms with Crippen molar-refractivity contribution < 1.29 is 27.4 Å². The number of para-hydroxylation sites is 1. The third-order valence-electron chi connectivity index (χ3n) is 2.16. The number of esters is 1. The van der Waals surface area contributed by atoms with Crippen LogP contribution in [0, 0.1) is 5.82 Å². The summed E-state index contributed by atoms with van der Waals surface area (Å²) >= 11 is 0. The second-order valence-electron chi connectivity index (χ2n) is 3.41. The predicted molar refractivity (Wildman–Crippen MR) is 58.0 cm³/mol. The molecule has 0 saturated carbocycles. The largest absolute Gasteiger partial charge is 0.466 e. The molecule has 0 aliphatic rings. The molecule has 6 heteroatoms. The van der Waals surface area contributed by atoms with E-state index in [2.05, 4.69) is 4.74 Å². The molecule has 0 aliphatic carbocycles. The number of halogens is 3. The maximum absolute atomic E-state index is 13.3. The molecule has 0 fully saturated rings. The van der Waals surface area contributed by atoms with Crippen LogP contribution in [0.5, 0.6) is 5.75 Å². The van der Waals surface area contributed by atoms with Gasteiger partial charge in [-0.05, 0) is 25.0 Å². The van der Waals surface area contributed by atoms with Gasteiger partial charge in [-0.3, -0.25) is 4.79 Å². The van der Waals surface area contributed by atoms with Gasteiger partial charge in [0.25, 0.3) is 0 Å². The number of rotatable bonds is 6. The molecule has 18 heavy (non-hydrogen) atoms. The van der Waals surface area contributed by atoms with E-state index in [4.69, 9.17) is 4.74 Å². The molecule has 0 amide bonds. The van der Waals surface area contributed by atoms with Crippen molar-refractivity contribution in [1.29, 1.82) is 0 Å². The molecule has 1 rings (SSSR count). The Balaban J connectivity index is 2.75. The van der Waals surface area contributed by atoms with Gasteiger partial charge in [-0.2, -0.15) is 8.78 Å². The number of aryl methyl sites for hydroxylation is 1. The Morgan fingerprint density at radius 1 is 1.39 bits per heavy atom. The summed E-state index contributed by atoms with van der Waals surface area (Å²) in [5.41, 5.74) is 0.211. The summed E-state index contributed by atoms with van der Waals surface area (Å²) in [7, 11) is 0. The van der Waals surface area contributed by atoms with E-state index in [9.17, 15) is 18.0 Å². The number of alkyl halides is 2. The van der Waals surface area contributed by atoms with Gasteiger partial charge in [0.15, 0.2) is 11.6 Å². The lowest BCUT2D eigenvalue weighted by atomic mass is 10.1. The molecule has 0 saturated heterocycles. The minimum absolute atomic E-state index is 0.0170. The molecule has 0 bridgehead atoms. The predicted octanol–water partition coefficient (Wildman–Crippen LogP) is 2.92. The lowest BCUT2D eigenvalue weighted by Crippen LogP contribution is -2.09. The van der Waals surface area contributed by atoms with E-state index in [1.54, 1.807) is 6.92 Å². The Morgan fingerprint density at radius 2 is 2.11 bits per heavy atom. The first-order valence-corrected chi connectivity index (χ1v) is 5.42. The van der Waals surface area contributed by atoms with Crippen LogP contribution in [0.15, 0.2) is 18.2 Å². The fourth-order valence-corrected chi connectivity index (χ4v) is 1.44. The minimum Gasteiger partial charge on any atom is -0.466 e. The van der Waals surface area contributed by atoms with E-state index in [1.807, 2.05) is 0 Å². The molecule has 0 spiro atoms. The summed E-state index contributed by atoms with van der Waals surface area (Å²) < 4.78 is 46.3. The first-order valence-electron chi connectivity index (χ1n) is 5.42. The van der Waals surface area contributed by atoms with Crippen LogP contribution in [0.25, 0.3) is 0 Å². The average Bonchev–Trinajstić information content (AvgIpc) is 2.30. The van der Waals surface area contributed by atoms with Crippen molar-refractivity contribution in [3.63, 3.8) is 0 Å². The molecule has 0 N–H and O–H groups in total. The molecule has 3 nitrogen and oxygen atoms in total. The number of carbonyl (C=O) groups excluding carboxylic acids is 1. The second-order valence-corrected chi connectivity index (χ2v) is 3.41. The smallest absolute Gasteiger partial charge is 0.387 e. The second kappa shape index (κ2) is 6.88. The van der Waals surface area contributed by atoms with Gasteiger partial charge in [0.2, 0.25) is 0 Å². The lowest BCUT2D eigenvalue weighted by Gasteiger charge is -2.11. The van der Waals surface area contributed by atoms with Crippen molar-refractivity contribution in [2.75, 3.05) is 6.61 Å². The molecule has 0 atom stereocenters. The van der Waals surface area contributed by atoms with E-state index in [-0.39, 0.29) is 25.0 Å². The standard InChI is InChI=1S/C12H13F3O3/c1-2-17-10(16)7-6-8-4-3-5-9(13)11(8)18-12(14)15/h3-5,12H,2,6-7H2,1H3. The monoisotopic (exact) mass is 262 g/mol. The van der Waals surface area contributed by atoms with Crippen molar-refractivity contribution in [3.05, 3.63) is 29.6 Å². The summed E-state index contributed by atoms with van der Waals surface area (Å²) in [5, 5.41) is 0. The van der Waals surface area contributed by atoms with Crippen molar-refractivity contribution in [2.45, 2.75) is 26.4 Å². The molecule has 0 radical (unpaired) electrons. The summed E-state index contributed by atoms with van der Waals surface area (Å²) in [6.07, 6.45) is 0.0650. The number of benzene rings is 1. The lowest BCUT2D eigenvalue weighted by molar-refractivity contribution is -0.143. The van der Waals surface area contributed by atoms with Crippen molar-refractivity contribution >= 4 is 5.97 Å². The SMILES string of the molecule is CCOC(=O)CCc1cccc(F)c1OC(F)F. The van der Waals surface area contributed by atoms with Gasteiger partial charge in [-0.1, -0.05) is 12.1 Å². The maximum Gasteiger partial charge on any atom is 0.387 e. The van der Waals surface area contributed by atoms with Crippen molar-refractivity contribution in [2.24, 2.45) is 0 Å². The van der Waals surface area contributed by atoms with Gasteiger partial charge in [-0.15, -0.1) is 0 Å². The van der Waals surface area contributed by atoms with Crippen LogP contribution in [0.4, 0.5) is 13.2 Å². The van der Waals surface area contributed by atoms with Crippen LogP contribution in [-0.2, 0) is 16.0 Å². The van der Waals surface area contributed by atoms with Crippen LogP contribution in [0.1, 0.15) is 18.9 Å². The van der Waals surface area contributed by atoms with Crippen LogP contribution in [0.3, 0.4) is 0 Å². The van der Waals surface area contributed by atoms with Crippen LogP contribution in [-0.4, -0.2) is 19.2 Å². The first-order chi connectivity index (χ1) is 8.54. The van der Waals surface area contributed by atoms with Crippen molar-refractivity contribution in [3.8, 4) is 5.75 Å². The Labute approximate surface area is 103 Å².